The largest absolute Gasteiger partial charge is 0.343 e. The zero-order valence-electron chi connectivity index (χ0n) is 13.0. The minimum Gasteiger partial charge on any atom is -0.343 e. The molecule has 0 aliphatic carbocycles. The maximum atomic E-state index is 2.36. The van der Waals surface area contributed by atoms with Crippen molar-refractivity contribution in [1.82, 2.24) is 4.90 Å². The highest BCUT2D eigenvalue weighted by Gasteiger charge is 2.20. The van der Waals surface area contributed by atoms with Crippen molar-refractivity contribution in [2.45, 2.75) is 22.6 Å². The fourth-order valence-electron chi connectivity index (χ4n) is 2.74. The van der Waals surface area contributed by atoms with Crippen LogP contribution >= 0.6 is 11.8 Å². The van der Waals surface area contributed by atoms with Gasteiger partial charge in [-0.1, -0.05) is 30.0 Å². The maximum Gasteiger partial charge on any atom is 0.0550 e. The van der Waals surface area contributed by atoms with E-state index in [0.717, 1.165) is 13.0 Å². The van der Waals surface area contributed by atoms with Crippen LogP contribution in [-0.4, -0.2) is 32.6 Å². The Labute approximate surface area is 131 Å². The number of para-hydroxylation sites is 1. The number of hydrogen-bond donors (Lipinski definition) is 0. The predicted octanol–water partition coefficient (Wildman–Crippen LogP) is 4.41. The smallest absolute Gasteiger partial charge is 0.0550 e. The van der Waals surface area contributed by atoms with E-state index in [1.165, 1.54) is 33.2 Å². The van der Waals surface area contributed by atoms with Gasteiger partial charge in [0.05, 0.1) is 11.4 Å². The van der Waals surface area contributed by atoms with Crippen LogP contribution in [0.1, 0.15) is 12.0 Å². The second-order valence-electron chi connectivity index (χ2n) is 5.84. The summed E-state index contributed by atoms with van der Waals surface area (Å²) in [5.74, 6) is 0. The molecule has 0 atom stereocenters. The Hall–Kier alpha value is -1.45. The average molecular weight is 298 g/mol. The summed E-state index contributed by atoms with van der Waals surface area (Å²) in [6.45, 7) is 1.15. The summed E-state index contributed by atoms with van der Waals surface area (Å²) in [6, 6.07) is 15.5. The Morgan fingerprint density at radius 2 is 1.76 bits per heavy atom. The van der Waals surface area contributed by atoms with Crippen LogP contribution in [0.2, 0.25) is 0 Å². The van der Waals surface area contributed by atoms with Gasteiger partial charge < -0.3 is 9.80 Å². The molecule has 0 unspecified atom stereocenters. The van der Waals surface area contributed by atoms with E-state index in [-0.39, 0.29) is 0 Å². The number of anilines is 2. The van der Waals surface area contributed by atoms with E-state index in [9.17, 15) is 0 Å². The summed E-state index contributed by atoms with van der Waals surface area (Å²) in [6.07, 6.45) is 2.36. The number of benzene rings is 2. The molecule has 1 aliphatic rings. The van der Waals surface area contributed by atoms with Gasteiger partial charge in [-0.2, -0.15) is 0 Å². The topological polar surface area (TPSA) is 6.48 Å². The Balaban J connectivity index is 1.81. The Morgan fingerprint density at radius 3 is 2.57 bits per heavy atom. The van der Waals surface area contributed by atoms with Crippen LogP contribution in [0.3, 0.4) is 0 Å². The van der Waals surface area contributed by atoms with E-state index in [1.54, 1.807) is 0 Å². The molecule has 0 radical (unpaired) electrons. The van der Waals surface area contributed by atoms with Crippen molar-refractivity contribution >= 4 is 23.1 Å². The molecule has 1 aliphatic heterocycles. The van der Waals surface area contributed by atoms with Gasteiger partial charge >= 0.3 is 0 Å². The first-order valence-electron chi connectivity index (χ1n) is 7.43. The predicted molar refractivity (Wildman–Crippen MR) is 91.9 cm³/mol. The van der Waals surface area contributed by atoms with Gasteiger partial charge in [0.2, 0.25) is 0 Å². The minimum absolute atomic E-state index is 1.15. The van der Waals surface area contributed by atoms with Crippen LogP contribution in [0.15, 0.2) is 52.3 Å². The Bertz CT molecular complexity index is 637. The summed E-state index contributed by atoms with van der Waals surface area (Å²) in [5, 5.41) is 0. The van der Waals surface area contributed by atoms with Gasteiger partial charge in [0.15, 0.2) is 0 Å². The molecule has 0 saturated carbocycles. The third-order valence-corrected chi connectivity index (χ3v) is 5.01. The molecule has 0 amide bonds. The molecule has 2 aromatic rings. The Kier molecular flexibility index (Phi) is 4.22. The molecule has 2 aromatic carbocycles. The second-order valence-corrected chi connectivity index (χ2v) is 6.92. The molecular weight excluding hydrogens is 276 g/mol. The van der Waals surface area contributed by atoms with Crippen LogP contribution in [0, 0.1) is 0 Å². The number of aryl methyl sites for hydroxylation is 1. The first-order chi connectivity index (χ1) is 10.1. The lowest BCUT2D eigenvalue weighted by molar-refractivity contribution is 0.400. The van der Waals surface area contributed by atoms with Crippen LogP contribution in [0.25, 0.3) is 0 Å². The standard InChI is InChI=1S/C18H22N2S/c1-19(2)12-6-7-14-10-11-16-18(13-14)21-17-9-5-4-8-15(17)20(16)3/h4-5,8-11,13H,6-7,12H2,1-3H3. The monoisotopic (exact) mass is 298 g/mol. The third-order valence-electron chi connectivity index (χ3n) is 3.90. The van der Waals surface area contributed by atoms with E-state index in [0.29, 0.717) is 0 Å². The summed E-state index contributed by atoms with van der Waals surface area (Å²) in [7, 11) is 6.42. The lowest BCUT2D eigenvalue weighted by Crippen LogP contribution is -2.15. The molecule has 0 bridgehead atoms. The van der Waals surface area contributed by atoms with Gasteiger partial charge in [0, 0.05) is 16.8 Å². The van der Waals surface area contributed by atoms with Gasteiger partial charge in [-0.3, -0.25) is 0 Å². The fraction of sp³-hybridized carbons (Fsp3) is 0.333. The first-order valence-corrected chi connectivity index (χ1v) is 8.25. The number of fused-ring (bicyclic) bond motifs is 2. The molecule has 3 heteroatoms. The van der Waals surface area contributed by atoms with Crippen molar-refractivity contribution in [1.29, 1.82) is 0 Å². The van der Waals surface area contributed by atoms with Crippen LogP contribution < -0.4 is 4.90 Å². The molecule has 0 spiro atoms. The maximum absolute atomic E-state index is 2.36. The minimum atomic E-state index is 1.15. The fourth-order valence-corrected chi connectivity index (χ4v) is 3.95. The van der Waals surface area contributed by atoms with E-state index in [4.69, 9.17) is 0 Å². The molecule has 0 aromatic heterocycles. The lowest BCUT2D eigenvalue weighted by atomic mass is 10.1. The van der Waals surface area contributed by atoms with E-state index < -0.39 is 0 Å². The quantitative estimate of drug-likeness (QED) is 0.825. The van der Waals surface area contributed by atoms with Gasteiger partial charge in [0.25, 0.3) is 0 Å². The zero-order chi connectivity index (χ0) is 14.8. The SMILES string of the molecule is CN(C)CCCc1ccc2c(c1)Sc1ccccc1N2C. The van der Waals surface area contributed by atoms with Gasteiger partial charge in [0.1, 0.15) is 0 Å². The van der Waals surface area contributed by atoms with Crippen molar-refractivity contribution < 1.29 is 0 Å². The second kappa shape index (κ2) is 6.12. The van der Waals surface area contributed by atoms with E-state index >= 15 is 0 Å². The van der Waals surface area contributed by atoms with Gasteiger partial charge in [-0.25, -0.2) is 0 Å². The molecule has 0 saturated heterocycles. The molecule has 3 rings (SSSR count). The molecule has 2 nitrogen and oxygen atoms in total. The van der Waals surface area contributed by atoms with E-state index in [2.05, 4.69) is 73.4 Å². The lowest BCUT2D eigenvalue weighted by Gasteiger charge is -2.29. The van der Waals surface area contributed by atoms with Crippen molar-refractivity contribution in [3.8, 4) is 0 Å². The summed E-state index contributed by atoms with van der Waals surface area (Å²) in [5.41, 5.74) is 4.06. The molecule has 21 heavy (non-hydrogen) atoms. The highest BCUT2D eigenvalue weighted by molar-refractivity contribution is 7.99. The summed E-state index contributed by atoms with van der Waals surface area (Å²) < 4.78 is 0. The molecule has 0 fully saturated rings. The van der Waals surface area contributed by atoms with Crippen molar-refractivity contribution in [3.63, 3.8) is 0 Å². The highest BCUT2D eigenvalue weighted by Crippen LogP contribution is 2.47. The number of hydrogen-bond acceptors (Lipinski definition) is 3. The van der Waals surface area contributed by atoms with Gasteiger partial charge in [-0.05, 0) is 63.3 Å². The van der Waals surface area contributed by atoms with Crippen molar-refractivity contribution in [2.24, 2.45) is 0 Å². The highest BCUT2D eigenvalue weighted by atomic mass is 32.2. The molecule has 0 N–H and O–H groups in total. The summed E-state index contributed by atoms with van der Waals surface area (Å²) in [4.78, 5) is 7.26. The molecule has 1 heterocycles. The van der Waals surface area contributed by atoms with E-state index in [1.807, 2.05) is 11.8 Å². The van der Waals surface area contributed by atoms with Crippen molar-refractivity contribution in [3.05, 3.63) is 48.0 Å². The van der Waals surface area contributed by atoms with Crippen LogP contribution in [-0.2, 0) is 6.42 Å². The molecular formula is C18H22N2S. The summed E-state index contributed by atoms with van der Waals surface area (Å²) >= 11 is 1.89. The van der Waals surface area contributed by atoms with Gasteiger partial charge in [-0.15, -0.1) is 0 Å². The van der Waals surface area contributed by atoms with Crippen molar-refractivity contribution in [2.75, 3.05) is 32.6 Å². The Morgan fingerprint density at radius 1 is 1.00 bits per heavy atom. The van der Waals surface area contributed by atoms with Crippen LogP contribution in [0.5, 0.6) is 0 Å². The zero-order valence-corrected chi connectivity index (χ0v) is 13.8. The number of rotatable bonds is 4. The number of nitrogens with zero attached hydrogens (tertiary/aromatic N) is 2. The average Bonchev–Trinajstić information content (AvgIpc) is 2.47. The third kappa shape index (κ3) is 3.09. The van der Waals surface area contributed by atoms with Crippen LogP contribution in [0.4, 0.5) is 11.4 Å². The first kappa shape index (κ1) is 14.5. The normalized spacial score (nSPS) is 13.2. The molecule has 110 valence electrons.